The number of benzene rings is 4. The second-order valence-electron chi connectivity index (χ2n) is 11.0. The summed E-state index contributed by atoms with van der Waals surface area (Å²) in [5.41, 5.74) is -0.286. The lowest BCUT2D eigenvalue weighted by atomic mass is 9.85. The molecule has 0 bridgehead atoms. The van der Waals surface area contributed by atoms with Gasteiger partial charge < -0.3 is 19.9 Å². The molecule has 2 atom stereocenters. The highest BCUT2D eigenvalue weighted by Gasteiger charge is 2.54. The molecule has 1 aliphatic rings. The summed E-state index contributed by atoms with van der Waals surface area (Å²) in [6, 6.07) is 25.1. The van der Waals surface area contributed by atoms with Gasteiger partial charge in [0.25, 0.3) is 5.91 Å². The van der Waals surface area contributed by atoms with Crippen LogP contribution in [0.5, 0.6) is 5.75 Å². The van der Waals surface area contributed by atoms with Crippen molar-refractivity contribution in [2.75, 3.05) is 25.5 Å². The molecule has 1 aliphatic heterocycles. The first-order valence-corrected chi connectivity index (χ1v) is 17.4. The zero-order valence-corrected chi connectivity index (χ0v) is 27.6. The van der Waals surface area contributed by atoms with Gasteiger partial charge in [-0.15, -0.1) is 0 Å². The van der Waals surface area contributed by atoms with Crippen LogP contribution in [0.2, 0.25) is 0 Å². The van der Waals surface area contributed by atoms with Crippen molar-refractivity contribution < 1.29 is 36.6 Å². The number of rotatable bonds is 14. The van der Waals surface area contributed by atoms with Gasteiger partial charge in [-0.05, 0) is 66.6 Å². The van der Waals surface area contributed by atoms with E-state index in [0.717, 1.165) is 6.07 Å². The fourth-order valence-corrected chi connectivity index (χ4v) is 7.18. The van der Waals surface area contributed by atoms with Crippen LogP contribution in [0.4, 0.5) is 8.78 Å². The molecule has 0 spiro atoms. The zero-order chi connectivity index (χ0) is 33.4. The van der Waals surface area contributed by atoms with Gasteiger partial charge in [-0.25, -0.2) is 22.2 Å². The third-order valence-corrected chi connectivity index (χ3v) is 10.1. The Morgan fingerprint density at radius 2 is 1.66 bits per heavy atom. The summed E-state index contributed by atoms with van der Waals surface area (Å²) < 4.78 is 67.3. The molecule has 47 heavy (non-hydrogen) atoms. The van der Waals surface area contributed by atoms with E-state index in [1.807, 2.05) is 0 Å². The Hall–Kier alpha value is -4.13. The molecular formula is C35H33BrF2N2O6S. The molecule has 0 saturated carbocycles. The molecule has 8 nitrogen and oxygen atoms in total. The van der Waals surface area contributed by atoms with Gasteiger partial charge in [0.1, 0.15) is 17.4 Å². The fourth-order valence-electron chi connectivity index (χ4n) is 5.30. The molecule has 0 aromatic heterocycles. The Balaban J connectivity index is 1.52. The summed E-state index contributed by atoms with van der Waals surface area (Å²) >= 11 is 3.56. The maximum Gasteiger partial charge on any atom is 0.252 e. The van der Waals surface area contributed by atoms with Crippen molar-refractivity contribution in [3.63, 3.8) is 0 Å². The first kappa shape index (κ1) is 34.2. The Bertz CT molecular complexity index is 1820. The van der Waals surface area contributed by atoms with Crippen LogP contribution in [0.25, 0.3) is 0 Å². The van der Waals surface area contributed by atoms with Crippen molar-refractivity contribution >= 4 is 37.6 Å². The number of aliphatic imine (C=N–C) groups is 1. The van der Waals surface area contributed by atoms with E-state index < -0.39 is 44.8 Å². The summed E-state index contributed by atoms with van der Waals surface area (Å²) in [4.78, 5) is 19.3. The average molecular weight is 728 g/mol. The minimum absolute atomic E-state index is 0.00230. The van der Waals surface area contributed by atoms with E-state index in [1.165, 1.54) is 24.3 Å². The number of hydrogen-bond acceptors (Lipinski definition) is 7. The number of sulfone groups is 1. The molecule has 0 aliphatic carbocycles. The molecule has 246 valence electrons. The molecule has 2 N–H and O–H groups in total. The zero-order valence-electron chi connectivity index (χ0n) is 25.2. The number of nitrogens with zero attached hydrogens (tertiary/aromatic N) is 1. The highest BCUT2D eigenvalue weighted by atomic mass is 79.9. The van der Waals surface area contributed by atoms with Gasteiger partial charge in [0.2, 0.25) is 5.90 Å². The Kier molecular flexibility index (Phi) is 11.1. The average Bonchev–Trinajstić information content (AvgIpc) is 3.45. The molecular weight excluding hydrogens is 694 g/mol. The number of hydrogen-bond donors (Lipinski definition) is 2. The highest BCUT2D eigenvalue weighted by Crippen LogP contribution is 2.45. The Labute approximate surface area is 280 Å². The van der Waals surface area contributed by atoms with Crippen LogP contribution in [-0.2, 0) is 25.8 Å². The Morgan fingerprint density at radius 1 is 0.979 bits per heavy atom. The number of carbonyl (C=O) groups is 1. The van der Waals surface area contributed by atoms with E-state index in [1.54, 1.807) is 66.7 Å². The molecule has 1 heterocycles. The lowest BCUT2D eigenvalue weighted by Gasteiger charge is -2.31. The smallest absolute Gasteiger partial charge is 0.252 e. The van der Waals surface area contributed by atoms with E-state index in [9.17, 15) is 22.0 Å². The van der Waals surface area contributed by atoms with Gasteiger partial charge in [-0.1, -0.05) is 52.3 Å². The second-order valence-corrected chi connectivity index (χ2v) is 13.9. The minimum Gasteiger partial charge on any atom is -0.494 e. The van der Waals surface area contributed by atoms with Gasteiger partial charge in [-0.2, -0.15) is 0 Å². The quantitative estimate of drug-likeness (QED) is 0.155. The molecule has 0 saturated heterocycles. The lowest BCUT2D eigenvalue weighted by Crippen LogP contribution is -2.49. The van der Waals surface area contributed by atoms with Gasteiger partial charge in [0.15, 0.2) is 21.5 Å². The summed E-state index contributed by atoms with van der Waals surface area (Å²) in [5.74, 6) is -1.78. The topological polar surface area (TPSA) is 114 Å². The summed E-state index contributed by atoms with van der Waals surface area (Å²) in [6.45, 7) is 0.337. The van der Waals surface area contributed by atoms with Crippen molar-refractivity contribution in [1.29, 1.82) is 0 Å². The van der Waals surface area contributed by atoms with Crippen LogP contribution in [0, 0.1) is 11.6 Å². The standard InChI is InChI=1S/C35H33BrF2N2O6S/c36-31-10-5-4-9-30(31)32-35(16-20-47(43,44)29-7-2-1-3-8-29,34(42)39-17-15-24-21-26(37)23-27(38)22-24)40-33(46-32)25-11-13-28(14-12-25)45-19-6-18-41/h1-5,7-14,21-23,32,41H,6,15-20H2,(H,39,42)/t32-,35-/m1/s1. The largest absolute Gasteiger partial charge is 0.494 e. The van der Waals surface area contributed by atoms with Crippen molar-refractivity contribution in [3.05, 3.63) is 130 Å². The molecule has 0 radical (unpaired) electrons. The number of aliphatic hydroxyl groups excluding tert-OH is 1. The van der Waals surface area contributed by atoms with Gasteiger partial charge in [-0.3, -0.25) is 4.79 Å². The number of carbonyl (C=O) groups excluding carboxylic acids is 1. The van der Waals surface area contributed by atoms with Crippen molar-refractivity contribution in [2.24, 2.45) is 4.99 Å². The maximum atomic E-state index is 14.3. The molecule has 1 amide bonds. The highest BCUT2D eigenvalue weighted by molar-refractivity contribution is 9.10. The molecule has 4 aromatic carbocycles. The fraction of sp³-hybridized carbons (Fsp3) is 0.257. The molecule has 4 aromatic rings. The number of halogens is 3. The lowest BCUT2D eigenvalue weighted by molar-refractivity contribution is -0.129. The molecule has 0 fully saturated rings. The molecule has 12 heteroatoms. The van der Waals surface area contributed by atoms with Crippen molar-refractivity contribution in [1.82, 2.24) is 5.32 Å². The molecule has 0 unspecified atom stereocenters. The maximum absolute atomic E-state index is 14.3. The van der Waals surface area contributed by atoms with Gasteiger partial charge in [0.05, 0.1) is 17.3 Å². The number of ether oxygens (including phenoxy) is 2. The first-order chi connectivity index (χ1) is 22.6. The SMILES string of the molecule is O=C(NCCc1cc(F)cc(F)c1)[C@]1(CCS(=O)(=O)c2ccccc2)N=C(c2ccc(OCCCO)cc2)O[C@@H]1c1ccccc1Br. The van der Waals surface area contributed by atoms with Crippen LogP contribution in [0.1, 0.15) is 35.6 Å². The number of aliphatic hydroxyl groups is 1. The van der Waals surface area contributed by atoms with Gasteiger partial charge >= 0.3 is 0 Å². The summed E-state index contributed by atoms with van der Waals surface area (Å²) in [7, 11) is -3.84. The van der Waals surface area contributed by atoms with Crippen LogP contribution >= 0.6 is 15.9 Å². The first-order valence-electron chi connectivity index (χ1n) is 15.0. The summed E-state index contributed by atoms with van der Waals surface area (Å²) in [6.07, 6.45) is -0.676. The second kappa shape index (κ2) is 15.2. The normalized spacial score (nSPS) is 17.5. The van der Waals surface area contributed by atoms with E-state index >= 15 is 0 Å². The van der Waals surface area contributed by atoms with E-state index in [-0.39, 0.29) is 36.8 Å². The van der Waals surface area contributed by atoms with Crippen LogP contribution in [0.3, 0.4) is 0 Å². The predicted octanol–water partition coefficient (Wildman–Crippen LogP) is 5.97. The van der Waals surface area contributed by atoms with E-state index in [4.69, 9.17) is 19.6 Å². The number of nitrogens with one attached hydrogen (secondary N) is 1. The molecule has 5 rings (SSSR count). The van der Waals surface area contributed by atoms with E-state index in [2.05, 4.69) is 21.2 Å². The third kappa shape index (κ3) is 8.24. The number of amides is 1. The Morgan fingerprint density at radius 3 is 2.34 bits per heavy atom. The van der Waals surface area contributed by atoms with Crippen molar-refractivity contribution in [2.45, 2.75) is 35.8 Å². The van der Waals surface area contributed by atoms with Gasteiger partial charge in [0, 0.05) is 47.7 Å². The van der Waals surface area contributed by atoms with Crippen LogP contribution in [0.15, 0.2) is 111 Å². The monoisotopic (exact) mass is 726 g/mol. The minimum atomic E-state index is -3.84. The third-order valence-electron chi connectivity index (χ3n) is 7.69. The van der Waals surface area contributed by atoms with Crippen LogP contribution < -0.4 is 10.1 Å². The predicted molar refractivity (Wildman–Crippen MR) is 177 cm³/mol. The van der Waals surface area contributed by atoms with Crippen LogP contribution in [-0.4, -0.2) is 56.4 Å². The van der Waals surface area contributed by atoms with Crippen molar-refractivity contribution in [3.8, 4) is 5.75 Å². The van der Waals surface area contributed by atoms with E-state index in [0.29, 0.717) is 39.9 Å². The summed E-state index contributed by atoms with van der Waals surface area (Å²) in [5, 5.41) is 11.9.